The van der Waals surface area contributed by atoms with E-state index in [1.54, 1.807) is 16.4 Å². The molecular formula is C16H19BrN4OS. The lowest BCUT2D eigenvalue weighted by molar-refractivity contribution is 0.0889. The number of ketones is 1. The van der Waals surface area contributed by atoms with Crippen molar-refractivity contribution in [2.75, 3.05) is 0 Å². The van der Waals surface area contributed by atoms with Gasteiger partial charge in [0.15, 0.2) is 5.78 Å². The molecule has 0 amide bonds. The zero-order valence-electron chi connectivity index (χ0n) is 13.0. The van der Waals surface area contributed by atoms with E-state index >= 15 is 0 Å². The van der Waals surface area contributed by atoms with Crippen molar-refractivity contribution in [2.45, 2.75) is 43.0 Å². The Bertz CT molecular complexity index is 697. The molecule has 0 saturated heterocycles. The van der Waals surface area contributed by atoms with E-state index in [1.807, 2.05) is 25.2 Å². The summed E-state index contributed by atoms with van der Waals surface area (Å²) in [6, 6.07) is 6.01. The number of Topliss-reactive ketones (excluding diaryl/α,β-unsaturated/α-hetero) is 1. The summed E-state index contributed by atoms with van der Waals surface area (Å²) in [5.74, 6) is 1.25. The monoisotopic (exact) mass is 394 g/mol. The van der Waals surface area contributed by atoms with Gasteiger partial charge in [0.25, 0.3) is 0 Å². The van der Waals surface area contributed by atoms with Crippen LogP contribution in [0.5, 0.6) is 0 Å². The first-order valence-electron chi connectivity index (χ1n) is 7.83. The van der Waals surface area contributed by atoms with Gasteiger partial charge in [0.05, 0.1) is 0 Å². The van der Waals surface area contributed by atoms with E-state index in [0.29, 0.717) is 0 Å². The number of benzene rings is 1. The lowest BCUT2D eigenvalue weighted by atomic mass is 9.84. The third-order valence-corrected chi connectivity index (χ3v) is 5.96. The Kier molecular flexibility index (Phi) is 5.48. The zero-order valence-corrected chi connectivity index (χ0v) is 15.4. The highest BCUT2D eigenvalue weighted by molar-refractivity contribution is 9.10. The zero-order chi connectivity index (χ0) is 16.2. The van der Waals surface area contributed by atoms with Gasteiger partial charge in [-0.2, -0.15) is 0 Å². The van der Waals surface area contributed by atoms with Crippen LogP contribution >= 0.6 is 27.7 Å². The van der Waals surface area contributed by atoms with Crippen molar-refractivity contribution < 1.29 is 4.79 Å². The molecule has 7 heteroatoms. The Labute approximate surface area is 148 Å². The van der Waals surface area contributed by atoms with Crippen molar-refractivity contribution in [3.05, 3.63) is 33.8 Å². The normalized spacial score (nSPS) is 15.7. The molecule has 1 heterocycles. The number of thioether (sulfide) groups is 1. The third-order valence-electron chi connectivity index (χ3n) is 4.22. The second-order valence-electron chi connectivity index (χ2n) is 5.89. The fourth-order valence-electron chi connectivity index (χ4n) is 2.92. The number of hydrogen-bond donors (Lipinski definition) is 0. The van der Waals surface area contributed by atoms with Gasteiger partial charge >= 0.3 is 0 Å². The van der Waals surface area contributed by atoms with E-state index in [-0.39, 0.29) is 11.7 Å². The van der Waals surface area contributed by atoms with Crippen LogP contribution in [0.25, 0.3) is 0 Å². The first-order valence-corrected chi connectivity index (χ1v) is 9.61. The van der Waals surface area contributed by atoms with Gasteiger partial charge in [-0.15, -0.1) is 5.10 Å². The molecule has 1 saturated carbocycles. The lowest BCUT2D eigenvalue weighted by Crippen LogP contribution is -2.18. The van der Waals surface area contributed by atoms with E-state index in [4.69, 9.17) is 0 Å². The Morgan fingerprint density at radius 1 is 1.35 bits per heavy atom. The maximum absolute atomic E-state index is 12.7. The highest BCUT2D eigenvalue weighted by Crippen LogP contribution is 2.31. The smallest absolute Gasteiger partial charge is 0.209 e. The number of aromatic nitrogens is 4. The highest BCUT2D eigenvalue weighted by Gasteiger charge is 2.23. The summed E-state index contributed by atoms with van der Waals surface area (Å²) in [6.07, 6.45) is 5.67. The molecular weight excluding hydrogens is 376 g/mol. The molecule has 5 nitrogen and oxygen atoms in total. The molecule has 1 fully saturated rings. The van der Waals surface area contributed by atoms with E-state index in [0.717, 1.165) is 39.4 Å². The summed E-state index contributed by atoms with van der Waals surface area (Å²) in [7, 11) is 1.82. The molecule has 0 spiro atoms. The number of nitrogens with zero attached hydrogens (tertiary/aromatic N) is 4. The van der Waals surface area contributed by atoms with Crippen LogP contribution in [0.2, 0.25) is 0 Å². The van der Waals surface area contributed by atoms with Gasteiger partial charge in [0, 0.05) is 28.8 Å². The standard InChI is InChI=1S/C16H19BrN4OS/c1-21-16(18-19-20-21)23-10-11-7-8-13(14(17)9-11)15(22)12-5-3-2-4-6-12/h7-9,12H,2-6,10H2,1H3. The number of carbonyl (C=O) groups is 1. The first kappa shape index (κ1) is 16.6. The van der Waals surface area contributed by atoms with Crippen molar-refractivity contribution in [1.29, 1.82) is 0 Å². The van der Waals surface area contributed by atoms with Gasteiger partial charge in [0.2, 0.25) is 5.16 Å². The average molecular weight is 395 g/mol. The fraction of sp³-hybridized carbons (Fsp3) is 0.500. The Hall–Kier alpha value is -1.21. The maximum atomic E-state index is 12.7. The quantitative estimate of drug-likeness (QED) is 0.565. The predicted octanol–water partition coefficient (Wildman–Crippen LogP) is 4.03. The van der Waals surface area contributed by atoms with Crippen molar-refractivity contribution in [2.24, 2.45) is 13.0 Å². The fourth-order valence-corrected chi connectivity index (χ4v) is 4.34. The SMILES string of the molecule is Cn1nnnc1SCc1ccc(C(=O)C2CCCCC2)c(Br)c1. The van der Waals surface area contributed by atoms with Gasteiger partial charge < -0.3 is 0 Å². The molecule has 0 aliphatic heterocycles. The molecule has 23 heavy (non-hydrogen) atoms. The molecule has 0 atom stereocenters. The maximum Gasteiger partial charge on any atom is 0.209 e. The molecule has 2 aromatic rings. The topological polar surface area (TPSA) is 60.7 Å². The van der Waals surface area contributed by atoms with E-state index < -0.39 is 0 Å². The highest BCUT2D eigenvalue weighted by atomic mass is 79.9. The summed E-state index contributed by atoms with van der Waals surface area (Å²) in [5.41, 5.74) is 1.95. The van der Waals surface area contributed by atoms with Crippen LogP contribution in [0.3, 0.4) is 0 Å². The minimum absolute atomic E-state index is 0.199. The average Bonchev–Trinajstić information content (AvgIpc) is 2.98. The van der Waals surface area contributed by atoms with Crippen LogP contribution in [0.4, 0.5) is 0 Å². The van der Waals surface area contributed by atoms with Gasteiger partial charge in [-0.3, -0.25) is 4.79 Å². The molecule has 0 bridgehead atoms. The van der Waals surface area contributed by atoms with Crippen LogP contribution in [-0.4, -0.2) is 26.0 Å². The molecule has 122 valence electrons. The van der Waals surface area contributed by atoms with Crippen LogP contribution in [0.1, 0.15) is 48.0 Å². The van der Waals surface area contributed by atoms with Crippen molar-refractivity contribution in [3.63, 3.8) is 0 Å². The summed E-state index contributed by atoms with van der Waals surface area (Å²) in [6.45, 7) is 0. The van der Waals surface area contributed by atoms with E-state index in [9.17, 15) is 4.79 Å². The van der Waals surface area contributed by atoms with Gasteiger partial charge in [-0.1, -0.05) is 53.0 Å². The molecule has 3 rings (SSSR count). The third kappa shape index (κ3) is 4.01. The molecule has 0 N–H and O–H groups in total. The van der Waals surface area contributed by atoms with Crippen LogP contribution < -0.4 is 0 Å². The van der Waals surface area contributed by atoms with E-state index in [2.05, 4.69) is 31.5 Å². The van der Waals surface area contributed by atoms with Gasteiger partial charge in [-0.05, 0) is 41.0 Å². The predicted molar refractivity (Wildman–Crippen MR) is 93.4 cm³/mol. The number of hydrogen-bond acceptors (Lipinski definition) is 5. The second-order valence-corrected chi connectivity index (χ2v) is 7.68. The second kappa shape index (κ2) is 7.57. The summed E-state index contributed by atoms with van der Waals surface area (Å²) in [4.78, 5) is 12.7. The first-order chi connectivity index (χ1) is 11.1. The van der Waals surface area contributed by atoms with E-state index in [1.165, 1.54) is 19.3 Å². The van der Waals surface area contributed by atoms with Crippen LogP contribution in [0, 0.1) is 5.92 Å². The van der Waals surface area contributed by atoms with Crippen molar-refractivity contribution in [3.8, 4) is 0 Å². The lowest BCUT2D eigenvalue weighted by Gasteiger charge is -2.21. The minimum atomic E-state index is 0.199. The Morgan fingerprint density at radius 3 is 2.78 bits per heavy atom. The number of halogens is 1. The summed E-state index contributed by atoms with van der Waals surface area (Å²) in [5, 5.41) is 12.2. The number of aryl methyl sites for hydroxylation is 1. The molecule has 1 aliphatic carbocycles. The summed E-state index contributed by atoms with van der Waals surface area (Å²) < 4.78 is 2.54. The van der Waals surface area contributed by atoms with Crippen LogP contribution in [-0.2, 0) is 12.8 Å². The Morgan fingerprint density at radius 2 is 2.13 bits per heavy atom. The number of rotatable bonds is 5. The van der Waals surface area contributed by atoms with Gasteiger partial charge in [0.1, 0.15) is 0 Å². The van der Waals surface area contributed by atoms with Crippen molar-refractivity contribution >= 4 is 33.5 Å². The molecule has 0 unspecified atom stereocenters. The number of tetrazole rings is 1. The van der Waals surface area contributed by atoms with Gasteiger partial charge in [-0.25, -0.2) is 4.68 Å². The Balaban J connectivity index is 1.67. The largest absolute Gasteiger partial charge is 0.294 e. The molecule has 1 aliphatic rings. The van der Waals surface area contributed by atoms with Crippen molar-refractivity contribution in [1.82, 2.24) is 20.2 Å². The molecule has 1 aromatic carbocycles. The minimum Gasteiger partial charge on any atom is -0.294 e. The molecule has 1 aromatic heterocycles. The molecule has 0 radical (unpaired) electrons. The van der Waals surface area contributed by atoms with Crippen LogP contribution in [0.15, 0.2) is 27.8 Å². The summed E-state index contributed by atoms with van der Waals surface area (Å²) >= 11 is 5.15. The number of carbonyl (C=O) groups excluding carboxylic acids is 1.